The van der Waals surface area contributed by atoms with Gasteiger partial charge >= 0.3 is 0 Å². The SMILES string of the molecule is CCCC[Si]OCC=Cc1ccccc1. The first-order valence-corrected chi connectivity index (χ1v) is 6.61. The molecule has 0 amide bonds. The molecule has 80 valence electrons. The molecule has 2 heteroatoms. The lowest BCUT2D eigenvalue weighted by Gasteiger charge is -1.97. The van der Waals surface area contributed by atoms with Gasteiger partial charge in [-0.25, -0.2) is 0 Å². The molecule has 1 rings (SSSR count). The van der Waals surface area contributed by atoms with E-state index in [2.05, 4.69) is 31.2 Å². The van der Waals surface area contributed by atoms with Crippen LogP contribution in [0.2, 0.25) is 6.04 Å². The van der Waals surface area contributed by atoms with Crippen molar-refractivity contribution in [2.45, 2.75) is 25.8 Å². The summed E-state index contributed by atoms with van der Waals surface area (Å²) in [6, 6.07) is 11.5. The lowest BCUT2D eigenvalue weighted by atomic mass is 10.2. The molecule has 0 atom stereocenters. The van der Waals surface area contributed by atoms with Gasteiger partial charge in [-0.2, -0.15) is 0 Å². The third kappa shape index (κ3) is 6.26. The fourth-order valence-electron chi connectivity index (χ4n) is 1.18. The molecule has 0 heterocycles. The highest BCUT2D eigenvalue weighted by molar-refractivity contribution is 6.27. The average molecular weight is 218 g/mol. The Morgan fingerprint density at radius 2 is 2.07 bits per heavy atom. The molecule has 0 spiro atoms. The van der Waals surface area contributed by atoms with E-state index in [1.165, 1.54) is 24.4 Å². The Hall–Kier alpha value is -0.863. The molecule has 0 aromatic heterocycles. The van der Waals surface area contributed by atoms with Crippen molar-refractivity contribution in [1.82, 2.24) is 0 Å². The minimum absolute atomic E-state index is 0.655. The summed E-state index contributed by atoms with van der Waals surface area (Å²) < 4.78 is 5.50. The first-order chi connectivity index (χ1) is 7.43. The van der Waals surface area contributed by atoms with Crippen LogP contribution in [0.25, 0.3) is 6.08 Å². The van der Waals surface area contributed by atoms with Crippen molar-refractivity contribution < 1.29 is 4.43 Å². The molecular formula is C13H18OSi. The molecular weight excluding hydrogens is 200 g/mol. The molecule has 0 aliphatic carbocycles. The van der Waals surface area contributed by atoms with Crippen molar-refractivity contribution in [3.05, 3.63) is 42.0 Å². The predicted octanol–water partition coefficient (Wildman–Crippen LogP) is 3.55. The molecule has 0 bridgehead atoms. The van der Waals surface area contributed by atoms with Gasteiger partial charge in [-0.05, 0) is 11.6 Å². The van der Waals surface area contributed by atoms with Gasteiger partial charge in [0.1, 0.15) is 0 Å². The summed E-state index contributed by atoms with van der Waals surface area (Å²) >= 11 is 0. The van der Waals surface area contributed by atoms with Crippen LogP contribution in [0.4, 0.5) is 0 Å². The molecule has 0 saturated heterocycles. The molecule has 1 aromatic carbocycles. The Morgan fingerprint density at radius 1 is 1.27 bits per heavy atom. The van der Waals surface area contributed by atoms with Gasteiger partial charge in [0.25, 0.3) is 0 Å². The largest absolute Gasteiger partial charge is 0.414 e. The zero-order valence-electron chi connectivity index (χ0n) is 9.28. The van der Waals surface area contributed by atoms with Gasteiger partial charge in [0.15, 0.2) is 0 Å². The van der Waals surface area contributed by atoms with E-state index in [0.29, 0.717) is 9.76 Å². The van der Waals surface area contributed by atoms with Gasteiger partial charge in [0.05, 0.1) is 6.61 Å². The maximum Gasteiger partial charge on any atom is 0.230 e. The van der Waals surface area contributed by atoms with Gasteiger partial charge in [-0.1, -0.05) is 62.2 Å². The van der Waals surface area contributed by atoms with Crippen molar-refractivity contribution in [2.75, 3.05) is 6.61 Å². The number of unbranched alkanes of at least 4 members (excludes halogenated alkanes) is 1. The molecule has 0 aliphatic rings. The second-order valence-electron chi connectivity index (χ2n) is 3.37. The van der Waals surface area contributed by atoms with Crippen LogP contribution < -0.4 is 0 Å². The minimum Gasteiger partial charge on any atom is -0.414 e. The minimum atomic E-state index is 0.655. The van der Waals surface area contributed by atoms with Gasteiger partial charge in [-0.15, -0.1) is 0 Å². The summed E-state index contributed by atoms with van der Waals surface area (Å²) in [5, 5.41) is 0. The Kier molecular flexibility index (Phi) is 6.87. The molecule has 15 heavy (non-hydrogen) atoms. The summed E-state index contributed by atoms with van der Waals surface area (Å²) in [4.78, 5) is 0. The number of hydrogen-bond acceptors (Lipinski definition) is 1. The smallest absolute Gasteiger partial charge is 0.230 e. The summed E-state index contributed by atoms with van der Waals surface area (Å²) in [6.45, 7) is 2.94. The second-order valence-corrected chi connectivity index (χ2v) is 4.45. The van der Waals surface area contributed by atoms with Crippen molar-refractivity contribution in [2.24, 2.45) is 0 Å². The molecule has 0 unspecified atom stereocenters. The van der Waals surface area contributed by atoms with E-state index in [-0.39, 0.29) is 0 Å². The van der Waals surface area contributed by atoms with Crippen LogP contribution in [0.1, 0.15) is 25.3 Å². The lowest BCUT2D eigenvalue weighted by Crippen LogP contribution is -1.97. The highest BCUT2D eigenvalue weighted by Crippen LogP contribution is 2.00. The molecule has 0 saturated carbocycles. The van der Waals surface area contributed by atoms with E-state index in [1.807, 2.05) is 18.2 Å². The predicted molar refractivity (Wildman–Crippen MR) is 66.9 cm³/mol. The van der Waals surface area contributed by atoms with E-state index in [1.54, 1.807) is 0 Å². The Balaban J connectivity index is 2.07. The highest BCUT2D eigenvalue weighted by Gasteiger charge is 1.88. The van der Waals surface area contributed by atoms with Gasteiger partial charge < -0.3 is 4.43 Å². The van der Waals surface area contributed by atoms with Gasteiger partial charge in [0.2, 0.25) is 9.76 Å². The standard InChI is InChI=1S/C13H18OSi/c1-2-3-12-15-14-11-7-10-13-8-5-4-6-9-13/h4-10H,2-3,11-12H2,1H3. The fourth-order valence-corrected chi connectivity index (χ4v) is 2.03. The second kappa shape index (κ2) is 8.45. The maximum absolute atomic E-state index is 5.50. The molecule has 2 radical (unpaired) electrons. The van der Waals surface area contributed by atoms with Crippen molar-refractivity contribution >= 4 is 15.8 Å². The van der Waals surface area contributed by atoms with E-state index in [9.17, 15) is 0 Å². The van der Waals surface area contributed by atoms with E-state index in [0.717, 1.165) is 6.61 Å². The average Bonchev–Trinajstić information content (AvgIpc) is 2.29. The third-order valence-corrected chi connectivity index (χ3v) is 2.95. The number of rotatable bonds is 7. The number of hydrogen-bond donors (Lipinski definition) is 0. The summed E-state index contributed by atoms with van der Waals surface area (Å²) in [6.07, 6.45) is 6.72. The normalized spacial score (nSPS) is 11.0. The maximum atomic E-state index is 5.50. The van der Waals surface area contributed by atoms with E-state index in [4.69, 9.17) is 4.43 Å². The monoisotopic (exact) mass is 218 g/mol. The fraction of sp³-hybridized carbons (Fsp3) is 0.385. The van der Waals surface area contributed by atoms with Crippen LogP contribution in [0.15, 0.2) is 36.4 Å². The Labute approximate surface area is 95.1 Å². The van der Waals surface area contributed by atoms with Crippen LogP contribution in [0.5, 0.6) is 0 Å². The Bertz CT molecular complexity index is 269. The first kappa shape index (κ1) is 12.2. The molecule has 1 aromatic rings. The van der Waals surface area contributed by atoms with Crippen molar-refractivity contribution in [1.29, 1.82) is 0 Å². The zero-order valence-corrected chi connectivity index (χ0v) is 10.3. The topological polar surface area (TPSA) is 9.23 Å². The quantitative estimate of drug-likeness (QED) is 0.502. The van der Waals surface area contributed by atoms with Crippen LogP contribution in [-0.2, 0) is 4.43 Å². The van der Waals surface area contributed by atoms with Crippen LogP contribution in [-0.4, -0.2) is 16.4 Å². The van der Waals surface area contributed by atoms with E-state index >= 15 is 0 Å². The molecule has 0 aliphatic heterocycles. The lowest BCUT2D eigenvalue weighted by molar-refractivity contribution is 0.384. The third-order valence-electron chi connectivity index (χ3n) is 2.02. The number of benzene rings is 1. The van der Waals surface area contributed by atoms with Gasteiger partial charge in [0, 0.05) is 0 Å². The van der Waals surface area contributed by atoms with Crippen LogP contribution in [0, 0.1) is 0 Å². The van der Waals surface area contributed by atoms with Crippen LogP contribution >= 0.6 is 0 Å². The summed E-state index contributed by atoms with van der Waals surface area (Å²) in [7, 11) is 0.655. The van der Waals surface area contributed by atoms with Crippen molar-refractivity contribution in [3.63, 3.8) is 0 Å². The van der Waals surface area contributed by atoms with Crippen molar-refractivity contribution in [3.8, 4) is 0 Å². The van der Waals surface area contributed by atoms with Gasteiger partial charge in [-0.3, -0.25) is 0 Å². The van der Waals surface area contributed by atoms with E-state index < -0.39 is 0 Å². The molecule has 0 fully saturated rings. The first-order valence-electron chi connectivity index (χ1n) is 5.49. The summed E-state index contributed by atoms with van der Waals surface area (Å²) in [5.41, 5.74) is 1.23. The zero-order chi connectivity index (χ0) is 10.8. The molecule has 1 nitrogen and oxygen atoms in total. The highest BCUT2D eigenvalue weighted by atomic mass is 28.2. The molecule has 0 N–H and O–H groups in total. The Morgan fingerprint density at radius 3 is 2.80 bits per heavy atom. The summed E-state index contributed by atoms with van der Waals surface area (Å²) in [5.74, 6) is 0. The van der Waals surface area contributed by atoms with Crippen LogP contribution in [0.3, 0.4) is 0 Å².